The Morgan fingerprint density at radius 3 is 2.43 bits per heavy atom. The molecule has 2 aliphatic carbocycles. The van der Waals surface area contributed by atoms with Gasteiger partial charge < -0.3 is 15.3 Å². The number of fused-ring (bicyclic) bond motifs is 1. The van der Waals surface area contributed by atoms with Crippen LogP contribution in [0.4, 0.5) is 5.95 Å². The van der Waals surface area contributed by atoms with Gasteiger partial charge in [-0.05, 0) is 57.6 Å². The van der Waals surface area contributed by atoms with E-state index in [9.17, 15) is 5.11 Å². The van der Waals surface area contributed by atoms with Crippen LogP contribution in [0.2, 0.25) is 0 Å². The molecule has 3 heterocycles. The van der Waals surface area contributed by atoms with Gasteiger partial charge in [-0.25, -0.2) is 9.67 Å². The largest absolute Gasteiger partial charge is 0.393 e. The Balaban J connectivity index is 1.27. The van der Waals surface area contributed by atoms with Gasteiger partial charge in [-0.15, -0.1) is 0 Å². The summed E-state index contributed by atoms with van der Waals surface area (Å²) in [7, 11) is 2.20. The van der Waals surface area contributed by atoms with Gasteiger partial charge in [-0.3, -0.25) is 4.90 Å². The van der Waals surface area contributed by atoms with Crippen LogP contribution in [0.3, 0.4) is 0 Å². The molecule has 0 bridgehead atoms. The molecule has 0 unspecified atom stereocenters. The maximum atomic E-state index is 10.1. The van der Waals surface area contributed by atoms with Gasteiger partial charge in [-0.1, -0.05) is 37.1 Å². The van der Waals surface area contributed by atoms with E-state index in [1.807, 2.05) is 6.20 Å². The van der Waals surface area contributed by atoms with Gasteiger partial charge in [-0.2, -0.15) is 10.1 Å². The molecule has 3 fully saturated rings. The van der Waals surface area contributed by atoms with Crippen molar-refractivity contribution in [1.29, 1.82) is 0 Å². The lowest BCUT2D eigenvalue weighted by atomic mass is 9.93. The molecule has 8 nitrogen and oxygen atoms in total. The zero-order valence-electron chi connectivity index (χ0n) is 22.3. The Bertz CT molecular complexity index is 1190. The number of nitrogens with zero attached hydrogens (tertiary/aromatic N) is 6. The van der Waals surface area contributed by atoms with Gasteiger partial charge >= 0.3 is 0 Å². The number of aromatic nitrogens is 4. The summed E-state index contributed by atoms with van der Waals surface area (Å²) in [6.45, 7) is 7.73. The normalized spacial score (nSPS) is 24.4. The van der Waals surface area contributed by atoms with Gasteiger partial charge in [0, 0.05) is 50.5 Å². The molecule has 1 atom stereocenters. The average molecular weight is 504 g/mol. The molecule has 37 heavy (non-hydrogen) atoms. The van der Waals surface area contributed by atoms with E-state index in [2.05, 4.69) is 58.0 Å². The summed E-state index contributed by atoms with van der Waals surface area (Å²) in [6.07, 6.45) is 9.11. The van der Waals surface area contributed by atoms with Crippen LogP contribution in [0, 0.1) is 5.92 Å². The second-order valence-electron chi connectivity index (χ2n) is 11.7. The Labute approximate surface area is 220 Å². The van der Waals surface area contributed by atoms with Crippen molar-refractivity contribution in [2.75, 3.05) is 38.5 Å². The third kappa shape index (κ3) is 5.81. The van der Waals surface area contributed by atoms with E-state index in [0.29, 0.717) is 12.0 Å². The molecule has 1 saturated heterocycles. The van der Waals surface area contributed by atoms with Gasteiger partial charge in [0.15, 0.2) is 5.65 Å². The van der Waals surface area contributed by atoms with E-state index in [0.717, 1.165) is 86.6 Å². The van der Waals surface area contributed by atoms with Gasteiger partial charge in [0.25, 0.3) is 0 Å². The van der Waals surface area contributed by atoms with E-state index in [4.69, 9.17) is 15.1 Å². The summed E-state index contributed by atoms with van der Waals surface area (Å²) in [4.78, 5) is 14.6. The second kappa shape index (κ2) is 10.7. The fraction of sp³-hybridized carbons (Fsp3) is 0.621. The van der Waals surface area contributed by atoms with E-state index in [-0.39, 0.29) is 12.1 Å². The summed E-state index contributed by atoms with van der Waals surface area (Å²) >= 11 is 0. The maximum absolute atomic E-state index is 10.1. The summed E-state index contributed by atoms with van der Waals surface area (Å²) in [6, 6.07) is 9.50. The van der Waals surface area contributed by atoms with Crippen molar-refractivity contribution in [3.8, 4) is 11.3 Å². The molecule has 6 rings (SSSR count). The molecule has 198 valence electrons. The molecule has 3 aromatic rings. The lowest BCUT2D eigenvalue weighted by Gasteiger charge is -2.32. The number of aliphatic hydroxyl groups excluding tert-OH is 1. The third-order valence-electron chi connectivity index (χ3n) is 8.45. The number of likely N-dealkylation sites (N-methyl/N-ethyl adjacent to an activating group) is 1. The first-order valence-electron chi connectivity index (χ1n) is 14.2. The number of benzene rings is 1. The molecule has 8 heteroatoms. The highest BCUT2D eigenvalue weighted by atomic mass is 16.3. The average Bonchev–Trinajstić information content (AvgIpc) is 3.64. The summed E-state index contributed by atoms with van der Waals surface area (Å²) < 4.78 is 2.12. The fourth-order valence-electron chi connectivity index (χ4n) is 5.93. The van der Waals surface area contributed by atoms with Crippen LogP contribution in [0.25, 0.3) is 22.3 Å². The Hall–Kier alpha value is -2.55. The fourth-order valence-corrected chi connectivity index (χ4v) is 5.93. The molecule has 3 aliphatic rings. The summed E-state index contributed by atoms with van der Waals surface area (Å²) in [5.74, 6) is 1.54. The third-order valence-corrected chi connectivity index (χ3v) is 8.45. The highest BCUT2D eigenvalue weighted by Gasteiger charge is 2.27. The van der Waals surface area contributed by atoms with Crippen molar-refractivity contribution in [3.63, 3.8) is 0 Å². The number of hydrogen-bond acceptors (Lipinski definition) is 7. The zero-order chi connectivity index (χ0) is 25.4. The number of aliphatic hydroxyl groups is 1. The second-order valence-corrected chi connectivity index (χ2v) is 11.7. The minimum Gasteiger partial charge on any atom is -0.393 e. The Kier molecular flexibility index (Phi) is 7.14. The number of rotatable bonds is 8. The van der Waals surface area contributed by atoms with Crippen LogP contribution < -0.4 is 5.32 Å². The van der Waals surface area contributed by atoms with Crippen LogP contribution in [0.5, 0.6) is 0 Å². The van der Waals surface area contributed by atoms with Crippen LogP contribution in [-0.2, 0) is 6.54 Å². The first kappa shape index (κ1) is 24.8. The van der Waals surface area contributed by atoms with Crippen LogP contribution in [0.1, 0.15) is 63.5 Å². The minimum absolute atomic E-state index is 0.194. The number of anilines is 1. The summed E-state index contributed by atoms with van der Waals surface area (Å²) in [5.41, 5.74) is 4.29. The van der Waals surface area contributed by atoms with Crippen molar-refractivity contribution in [3.05, 3.63) is 36.0 Å². The van der Waals surface area contributed by atoms with Crippen LogP contribution in [0.15, 0.2) is 30.5 Å². The van der Waals surface area contributed by atoms with E-state index >= 15 is 0 Å². The van der Waals surface area contributed by atoms with Crippen molar-refractivity contribution < 1.29 is 5.11 Å². The number of hydrogen-bond donors (Lipinski definition) is 2. The molecular weight excluding hydrogens is 462 g/mol. The van der Waals surface area contributed by atoms with Gasteiger partial charge in [0.2, 0.25) is 5.95 Å². The lowest BCUT2D eigenvalue weighted by Crippen LogP contribution is -2.43. The van der Waals surface area contributed by atoms with Crippen molar-refractivity contribution in [2.24, 2.45) is 5.92 Å². The molecule has 0 spiro atoms. The maximum Gasteiger partial charge on any atom is 0.224 e. The van der Waals surface area contributed by atoms with Gasteiger partial charge in [0.05, 0.1) is 17.5 Å². The van der Waals surface area contributed by atoms with Crippen molar-refractivity contribution >= 4 is 17.0 Å². The SMILES string of the molecule is C[C@@H](CC1CC1)Nc1ncc2c(-c3ccc(CN4CCN(C)CC4)cc3)nn([C@H]3CC[C@H](O)CC3)c2n1. The molecule has 1 aliphatic heterocycles. The van der Waals surface area contributed by atoms with Crippen molar-refractivity contribution in [2.45, 2.75) is 76.6 Å². The van der Waals surface area contributed by atoms with E-state index in [1.165, 1.54) is 24.8 Å². The highest BCUT2D eigenvalue weighted by molar-refractivity contribution is 5.91. The summed E-state index contributed by atoms with van der Waals surface area (Å²) in [5, 5.41) is 19.7. The molecule has 2 aromatic heterocycles. The minimum atomic E-state index is -0.194. The lowest BCUT2D eigenvalue weighted by molar-refractivity contribution is 0.109. The molecule has 2 N–H and O–H groups in total. The van der Waals surface area contributed by atoms with E-state index in [1.54, 1.807) is 0 Å². The first-order chi connectivity index (χ1) is 18.0. The topological polar surface area (TPSA) is 82.3 Å². The molecule has 2 saturated carbocycles. The molecular formula is C29H41N7O. The number of nitrogens with one attached hydrogen (secondary N) is 1. The van der Waals surface area contributed by atoms with Crippen LogP contribution in [-0.4, -0.2) is 80.0 Å². The predicted octanol–water partition coefficient (Wildman–Crippen LogP) is 4.32. The van der Waals surface area contributed by atoms with Crippen molar-refractivity contribution in [1.82, 2.24) is 29.5 Å². The molecule has 1 aromatic carbocycles. The Morgan fingerprint density at radius 2 is 1.73 bits per heavy atom. The van der Waals surface area contributed by atoms with Gasteiger partial charge in [0.1, 0.15) is 5.69 Å². The monoisotopic (exact) mass is 503 g/mol. The smallest absolute Gasteiger partial charge is 0.224 e. The highest BCUT2D eigenvalue weighted by Crippen LogP contribution is 2.36. The molecule has 0 amide bonds. The first-order valence-corrected chi connectivity index (χ1v) is 14.2. The zero-order valence-corrected chi connectivity index (χ0v) is 22.3. The quantitative estimate of drug-likeness (QED) is 0.474. The van der Waals surface area contributed by atoms with Crippen LogP contribution >= 0.6 is 0 Å². The standard InChI is InChI=1S/C29H41N7O/c1-20(17-21-3-4-21)31-29-30-18-26-27(33-36(28(26)32-29)24-9-11-25(37)12-10-24)23-7-5-22(6-8-23)19-35-15-13-34(2)14-16-35/h5-8,18,20-21,24-25,37H,3-4,9-17,19H2,1-2H3,(H,30,31,32)/t20-,24-,25-/m0/s1. The van der Waals surface area contributed by atoms with E-state index < -0.39 is 0 Å². The number of piperazine rings is 1. The predicted molar refractivity (Wildman–Crippen MR) is 147 cm³/mol. The molecule has 0 radical (unpaired) electrons. The Morgan fingerprint density at radius 1 is 1.00 bits per heavy atom.